The lowest BCUT2D eigenvalue weighted by Crippen LogP contribution is -2.31. The number of hydrogen-bond acceptors (Lipinski definition) is 6. The third kappa shape index (κ3) is 5.90. The molecule has 0 saturated carbocycles. The second-order valence-electron chi connectivity index (χ2n) is 7.42. The lowest BCUT2D eigenvalue weighted by molar-refractivity contribution is -0.121. The molecule has 2 aromatic carbocycles. The van der Waals surface area contributed by atoms with E-state index in [2.05, 4.69) is 20.5 Å². The van der Waals surface area contributed by atoms with Crippen molar-refractivity contribution in [1.29, 1.82) is 0 Å². The number of aromatic amines is 1. The fourth-order valence-corrected chi connectivity index (χ4v) is 2.99. The van der Waals surface area contributed by atoms with Gasteiger partial charge in [-0.05, 0) is 38.1 Å². The van der Waals surface area contributed by atoms with Gasteiger partial charge in [0, 0.05) is 30.0 Å². The van der Waals surface area contributed by atoms with Crippen LogP contribution in [0.3, 0.4) is 0 Å². The van der Waals surface area contributed by atoms with Crippen molar-refractivity contribution < 1.29 is 18.7 Å². The predicted octanol–water partition coefficient (Wildman–Crippen LogP) is 3.02. The number of carbonyl (C=O) groups excluding carboxylic acids is 1. The molecule has 9 heteroatoms. The summed E-state index contributed by atoms with van der Waals surface area (Å²) in [7, 11) is 1.48. The van der Waals surface area contributed by atoms with Crippen molar-refractivity contribution in [3.05, 3.63) is 69.9 Å². The van der Waals surface area contributed by atoms with Crippen molar-refractivity contribution in [2.45, 2.75) is 39.3 Å². The van der Waals surface area contributed by atoms with Gasteiger partial charge in [-0.3, -0.25) is 9.59 Å². The topological polar surface area (TPSA) is 106 Å². The van der Waals surface area contributed by atoms with E-state index in [1.807, 2.05) is 13.8 Å². The molecule has 3 rings (SSSR count). The van der Waals surface area contributed by atoms with Crippen molar-refractivity contribution in [2.75, 3.05) is 7.11 Å². The molecule has 1 heterocycles. The SMILES string of the molecule is COc1cc(-c2nnc(CCC(=O)NC(C)C)c(=O)[nH]2)ccc1OCc1ccccc1F. The minimum absolute atomic E-state index is 0.0305. The normalized spacial score (nSPS) is 10.8. The van der Waals surface area contributed by atoms with Gasteiger partial charge in [-0.2, -0.15) is 0 Å². The largest absolute Gasteiger partial charge is 0.493 e. The summed E-state index contributed by atoms with van der Waals surface area (Å²) < 4.78 is 24.9. The van der Waals surface area contributed by atoms with Crippen LogP contribution in [0.2, 0.25) is 0 Å². The highest BCUT2D eigenvalue weighted by atomic mass is 19.1. The summed E-state index contributed by atoms with van der Waals surface area (Å²) in [5.41, 5.74) is 0.760. The maximum atomic E-state index is 13.8. The number of rotatable bonds is 9. The van der Waals surface area contributed by atoms with Gasteiger partial charge in [0.25, 0.3) is 5.56 Å². The summed E-state index contributed by atoms with van der Waals surface area (Å²) in [5, 5.41) is 10.8. The summed E-state index contributed by atoms with van der Waals surface area (Å²) in [4.78, 5) is 26.8. The molecule has 0 fully saturated rings. The standard InChI is InChI=1S/C23H25FN4O4/c1-14(2)25-21(29)11-9-18-23(30)26-22(28-27-18)15-8-10-19(20(12-15)31-3)32-13-16-6-4-5-7-17(16)24/h4-8,10,12,14H,9,11,13H2,1-3H3,(H,25,29)(H,26,28,30). The Morgan fingerprint density at radius 2 is 1.94 bits per heavy atom. The first-order valence-corrected chi connectivity index (χ1v) is 10.2. The lowest BCUT2D eigenvalue weighted by Gasteiger charge is -2.12. The van der Waals surface area contributed by atoms with Crippen LogP contribution < -0.4 is 20.3 Å². The molecule has 0 aliphatic carbocycles. The number of benzene rings is 2. The first kappa shape index (κ1) is 22.9. The molecule has 3 aromatic rings. The van der Waals surface area contributed by atoms with Crippen LogP contribution in [-0.4, -0.2) is 34.2 Å². The van der Waals surface area contributed by atoms with Crippen LogP contribution in [0.25, 0.3) is 11.4 Å². The zero-order valence-corrected chi connectivity index (χ0v) is 18.1. The van der Waals surface area contributed by atoms with Gasteiger partial charge in [-0.25, -0.2) is 4.39 Å². The Morgan fingerprint density at radius 1 is 1.16 bits per heavy atom. The second-order valence-corrected chi connectivity index (χ2v) is 7.42. The zero-order chi connectivity index (χ0) is 23.1. The Kier molecular flexibility index (Phi) is 7.54. The number of methoxy groups -OCH3 is 1. The number of nitrogens with one attached hydrogen (secondary N) is 2. The maximum absolute atomic E-state index is 13.8. The second kappa shape index (κ2) is 10.5. The average Bonchev–Trinajstić information content (AvgIpc) is 2.77. The molecule has 0 aliphatic heterocycles. The Bertz CT molecular complexity index is 1150. The minimum atomic E-state index is -0.411. The van der Waals surface area contributed by atoms with Gasteiger partial charge in [0.2, 0.25) is 5.91 Å². The van der Waals surface area contributed by atoms with Crippen molar-refractivity contribution >= 4 is 5.91 Å². The molecule has 0 saturated heterocycles. The maximum Gasteiger partial charge on any atom is 0.273 e. The fraction of sp³-hybridized carbons (Fsp3) is 0.304. The molecule has 0 atom stereocenters. The third-order valence-corrected chi connectivity index (χ3v) is 4.58. The monoisotopic (exact) mass is 440 g/mol. The van der Waals surface area contributed by atoms with Gasteiger partial charge in [0.1, 0.15) is 18.1 Å². The van der Waals surface area contributed by atoms with Gasteiger partial charge < -0.3 is 19.8 Å². The Hall–Kier alpha value is -3.75. The number of H-pyrrole nitrogens is 1. The molecule has 1 amide bonds. The highest BCUT2D eigenvalue weighted by molar-refractivity contribution is 5.76. The van der Waals surface area contributed by atoms with Gasteiger partial charge in [0.05, 0.1) is 7.11 Å². The molecule has 1 aromatic heterocycles. The van der Waals surface area contributed by atoms with E-state index in [-0.39, 0.29) is 48.7 Å². The average molecular weight is 440 g/mol. The van der Waals surface area contributed by atoms with Crippen LogP contribution >= 0.6 is 0 Å². The molecule has 2 N–H and O–H groups in total. The lowest BCUT2D eigenvalue weighted by atomic mass is 10.2. The van der Waals surface area contributed by atoms with Crippen LogP contribution in [0, 0.1) is 5.82 Å². The van der Waals surface area contributed by atoms with Crippen LogP contribution in [0.4, 0.5) is 4.39 Å². The number of halogens is 1. The molecule has 32 heavy (non-hydrogen) atoms. The number of amides is 1. The third-order valence-electron chi connectivity index (χ3n) is 4.58. The van der Waals surface area contributed by atoms with Gasteiger partial charge >= 0.3 is 0 Å². The number of aromatic nitrogens is 3. The minimum Gasteiger partial charge on any atom is -0.493 e. The number of aryl methyl sites for hydroxylation is 1. The van der Waals surface area contributed by atoms with Crippen molar-refractivity contribution in [1.82, 2.24) is 20.5 Å². The molecule has 0 radical (unpaired) electrons. The first-order valence-electron chi connectivity index (χ1n) is 10.2. The van der Waals surface area contributed by atoms with E-state index in [9.17, 15) is 14.0 Å². The molecule has 168 valence electrons. The van der Waals surface area contributed by atoms with Crippen LogP contribution in [0.1, 0.15) is 31.5 Å². The number of ether oxygens (including phenoxy) is 2. The van der Waals surface area contributed by atoms with E-state index in [1.54, 1.807) is 36.4 Å². The molecule has 0 aliphatic rings. The smallest absolute Gasteiger partial charge is 0.273 e. The van der Waals surface area contributed by atoms with Gasteiger partial charge in [-0.1, -0.05) is 18.2 Å². The Morgan fingerprint density at radius 3 is 2.62 bits per heavy atom. The van der Waals surface area contributed by atoms with Crippen molar-refractivity contribution in [3.8, 4) is 22.9 Å². The highest BCUT2D eigenvalue weighted by Gasteiger charge is 2.13. The Labute approximate surface area is 184 Å². The molecule has 8 nitrogen and oxygen atoms in total. The van der Waals surface area contributed by atoms with Crippen LogP contribution in [0.5, 0.6) is 11.5 Å². The predicted molar refractivity (Wildman–Crippen MR) is 117 cm³/mol. The van der Waals surface area contributed by atoms with E-state index in [0.717, 1.165) is 0 Å². The Balaban J connectivity index is 1.72. The summed E-state index contributed by atoms with van der Waals surface area (Å²) in [5.74, 6) is 0.571. The van der Waals surface area contributed by atoms with Gasteiger partial charge in [0.15, 0.2) is 17.3 Å². The van der Waals surface area contributed by atoms with E-state index >= 15 is 0 Å². The van der Waals surface area contributed by atoms with Crippen molar-refractivity contribution in [2.24, 2.45) is 0 Å². The molecular formula is C23H25FN4O4. The number of hydrogen-bond donors (Lipinski definition) is 2. The van der Waals surface area contributed by atoms with E-state index in [1.165, 1.54) is 13.2 Å². The molecule has 0 unspecified atom stereocenters. The zero-order valence-electron chi connectivity index (χ0n) is 18.1. The summed E-state index contributed by atoms with van der Waals surface area (Å²) in [6.07, 6.45) is 0.338. The van der Waals surface area contributed by atoms with E-state index < -0.39 is 5.56 Å². The quantitative estimate of drug-likeness (QED) is 0.530. The van der Waals surface area contributed by atoms with Crippen LogP contribution in [0.15, 0.2) is 47.3 Å². The van der Waals surface area contributed by atoms with E-state index in [4.69, 9.17) is 9.47 Å². The first-order chi connectivity index (χ1) is 15.4. The van der Waals surface area contributed by atoms with E-state index in [0.29, 0.717) is 22.6 Å². The fourth-order valence-electron chi connectivity index (χ4n) is 2.99. The summed E-state index contributed by atoms with van der Waals surface area (Å²) in [6.45, 7) is 3.77. The summed E-state index contributed by atoms with van der Waals surface area (Å²) >= 11 is 0. The number of nitrogens with zero attached hydrogens (tertiary/aromatic N) is 2. The molecule has 0 spiro atoms. The van der Waals surface area contributed by atoms with Crippen molar-refractivity contribution in [3.63, 3.8) is 0 Å². The highest BCUT2D eigenvalue weighted by Crippen LogP contribution is 2.31. The van der Waals surface area contributed by atoms with Crippen LogP contribution in [-0.2, 0) is 17.8 Å². The summed E-state index contributed by atoms with van der Waals surface area (Å²) in [6, 6.07) is 11.4. The molecular weight excluding hydrogens is 415 g/mol. The number of carbonyl (C=O) groups is 1. The molecule has 0 bridgehead atoms. The van der Waals surface area contributed by atoms with Gasteiger partial charge in [-0.15, -0.1) is 10.2 Å².